The van der Waals surface area contributed by atoms with Crippen LogP contribution in [0.15, 0.2) is 30.3 Å². The molecule has 110 valence electrons. The van der Waals surface area contributed by atoms with E-state index in [1.54, 1.807) is 0 Å². The molecule has 0 aliphatic rings. The summed E-state index contributed by atoms with van der Waals surface area (Å²) in [5.74, 6) is -0.204. The SMILES string of the molecule is CCNC(=O)[C@@H](NC(=O)OCc1ccccc1)C(C)C. The van der Waals surface area contributed by atoms with Crippen molar-refractivity contribution in [1.29, 1.82) is 0 Å². The molecule has 20 heavy (non-hydrogen) atoms. The molecule has 1 aromatic carbocycles. The lowest BCUT2D eigenvalue weighted by Gasteiger charge is -2.21. The molecule has 1 rings (SSSR count). The van der Waals surface area contributed by atoms with Crippen molar-refractivity contribution >= 4 is 12.0 Å². The number of nitrogens with one attached hydrogen (secondary N) is 2. The van der Waals surface area contributed by atoms with Gasteiger partial charge in [-0.3, -0.25) is 4.79 Å². The Bertz CT molecular complexity index is 432. The molecule has 0 heterocycles. The molecular formula is C15H22N2O3. The summed E-state index contributed by atoms with van der Waals surface area (Å²) in [7, 11) is 0. The first-order valence-electron chi connectivity index (χ1n) is 6.79. The smallest absolute Gasteiger partial charge is 0.408 e. The molecule has 1 atom stereocenters. The molecule has 0 spiro atoms. The van der Waals surface area contributed by atoms with E-state index in [1.165, 1.54) is 0 Å². The number of alkyl carbamates (subject to hydrolysis) is 1. The zero-order valence-electron chi connectivity index (χ0n) is 12.2. The summed E-state index contributed by atoms with van der Waals surface area (Å²) in [5.41, 5.74) is 0.904. The quantitative estimate of drug-likeness (QED) is 0.837. The molecule has 0 unspecified atom stereocenters. The van der Waals surface area contributed by atoms with Gasteiger partial charge in [0.05, 0.1) is 0 Å². The molecule has 0 aliphatic carbocycles. The predicted molar refractivity (Wildman–Crippen MR) is 77.1 cm³/mol. The van der Waals surface area contributed by atoms with Gasteiger partial charge in [-0.1, -0.05) is 44.2 Å². The van der Waals surface area contributed by atoms with Crippen molar-refractivity contribution in [3.8, 4) is 0 Å². The lowest BCUT2D eigenvalue weighted by Crippen LogP contribution is -2.49. The van der Waals surface area contributed by atoms with Crippen molar-refractivity contribution in [2.24, 2.45) is 5.92 Å². The molecule has 2 N–H and O–H groups in total. The summed E-state index contributed by atoms with van der Waals surface area (Å²) in [6.45, 7) is 6.30. The van der Waals surface area contributed by atoms with Gasteiger partial charge in [-0.05, 0) is 18.4 Å². The maximum Gasteiger partial charge on any atom is 0.408 e. The summed E-state index contributed by atoms with van der Waals surface area (Å²) in [6.07, 6.45) is -0.584. The molecule has 1 aromatic rings. The second kappa shape index (κ2) is 8.19. The van der Waals surface area contributed by atoms with Gasteiger partial charge in [0.15, 0.2) is 0 Å². The van der Waals surface area contributed by atoms with Gasteiger partial charge in [-0.2, -0.15) is 0 Å². The number of carbonyl (C=O) groups excluding carboxylic acids is 2. The van der Waals surface area contributed by atoms with Gasteiger partial charge in [0.2, 0.25) is 5.91 Å². The third-order valence-electron chi connectivity index (χ3n) is 2.79. The first kappa shape index (κ1) is 16.0. The van der Waals surface area contributed by atoms with Crippen LogP contribution in [0.4, 0.5) is 4.79 Å². The number of benzene rings is 1. The van der Waals surface area contributed by atoms with Crippen LogP contribution in [-0.4, -0.2) is 24.6 Å². The summed E-state index contributed by atoms with van der Waals surface area (Å²) in [5, 5.41) is 5.29. The Labute approximate surface area is 119 Å². The minimum absolute atomic E-state index is 0.00850. The van der Waals surface area contributed by atoms with Crippen molar-refractivity contribution < 1.29 is 14.3 Å². The highest BCUT2D eigenvalue weighted by atomic mass is 16.5. The lowest BCUT2D eigenvalue weighted by atomic mass is 10.0. The second-order valence-corrected chi connectivity index (χ2v) is 4.82. The van der Waals surface area contributed by atoms with E-state index in [1.807, 2.05) is 51.1 Å². The van der Waals surface area contributed by atoms with Crippen LogP contribution in [0.5, 0.6) is 0 Å². The Morgan fingerprint density at radius 1 is 1.20 bits per heavy atom. The van der Waals surface area contributed by atoms with Gasteiger partial charge in [-0.25, -0.2) is 4.79 Å². The summed E-state index contributed by atoms with van der Waals surface area (Å²) < 4.78 is 5.11. The van der Waals surface area contributed by atoms with Gasteiger partial charge in [-0.15, -0.1) is 0 Å². The van der Waals surface area contributed by atoms with E-state index in [0.717, 1.165) is 5.56 Å². The van der Waals surface area contributed by atoms with E-state index in [9.17, 15) is 9.59 Å². The third kappa shape index (κ3) is 5.30. The van der Waals surface area contributed by atoms with E-state index in [-0.39, 0.29) is 18.4 Å². The maximum absolute atomic E-state index is 11.8. The maximum atomic E-state index is 11.8. The predicted octanol–water partition coefficient (Wildman–Crippen LogP) is 2.07. The van der Waals surface area contributed by atoms with E-state index in [0.29, 0.717) is 6.54 Å². The molecule has 0 aliphatic heterocycles. The number of carbonyl (C=O) groups is 2. The fraction of sp³-hybridized carbons (Fsp3) is 0.467. The van der Waals surface area contributed by atoms with E-state index in [2.05, 4.69) is 10.6 Å². The molecule has 0 saturated heterocycles. The van der Waals surface area contributed by atoms with E-state index in [4.69, 9.17) is 4.74 Å². The minimum atomic E-state index is -0.585. The first-order valence-corrected chi connectivity index (χ1v) is 6.79. The van der Waals surface area contributed by atoms with Crippen molar-refractivity contribution in [2.45, 2.75) is 33.4 Å². The van der Waals surface area contributed by atoms with Gasteiger partial charge >= 0.3 is 6.09 Å². The van der Waals surface area contributed by atoms with Gasteiger partial charge in [0.25, 0.3) is 0 Å². The average Bonchev–Trinajstić information content (AvgIpc) is 2.43. The van der Waals surface area contributed by atoms with Gasteiger partial charge < -0.3 is 15.4 Å². The molecule has 0 radical (unpaired) electrons. The van der Waals surface area contributed by atoms with E-state index < -0.39 is 12.1 Å². The fourth-order valence-corrected chi connectivity index (χ4v) is 1.71. The number of amides is 2. The van der Waals surface area contributed by atoms with Crippen LogP contribution in [0.1, 0.15) is 26.3 Å². The second-order valence-electron chi connectivity index (χ2n) is 4.82. The molecule has 0 fully saturated rings. The van der Waals surface area contributed by atoms with Crippen molar-refractivity contribution in [3.05, 3.63) is 35.9 Å². The molecular weight excluding hydrogens is 256 g/mol. The highest BCUT2D eigenvalue weighted by Crippen LogP contribution is 2.04. The van der Waals surface area contributed by atoms with Crippen LogP contribution in [0.25, 0.3) is 0 Å². The zero-order valence-corrected chi connectivity index (χ0v) is 12.2. The molecule has 0 aromatic heterocycles. The van der Waals surface area contributed by atoms with Gasteiger partial charge in [0, 0.05) is 6.54 Å². The zero-order chi connectivity index (χ0) is 15.0. The van der Waals surface area contributed by atoms with Crippen LogP contribution in [0, 0.1) is 5.92 Å². The largest absolute Gasteiger partial charge is 0.445 e. The average molecular weight is 278 g/mol. The Balaban J connectivity index is 2.48. The standard InChI is InChI=1S/C15H22N2O3/c1-4-16-14(18)13(11(2)3)17-15(19)20-10-12-8-6-5-7-9-12/h5-9,11,13H,4,10H2,1-3H3,(H,16,18)(H,17,19)/t13-/m0/s1. The summed E-state index contributed by atoms with van der Waals surface area (Å²) >= 11 is 0. The molecule has 0 bridgehead atoms. The Morgan fingerprint density at radius 2 is 1.85 bits per heavy atom. The number of ether oxygens (including phenoxy) is 1. The minimum Gasteiger partial charge on any atom is -0.445 e. The first-order chi connectivity index (χ1) is 9.54. The Hall–Kier alpha value is -2.04. The van der Waals surface area contributed by atoms with Crippen LogP contribution in [-0.2, 0) is 16.1 Å². The number of hydrogen-bond acceptors (Lipinski definition) is 3. The van der Waals surface area contributed by atoms with Crippen molar-refractivity contribution in [2.75, 3.05) is 6.54 Å². The van der Waals surface area contributed by atoms with E-state index >= 15 is 0 Å². The molecule has 5 heteroatoms. The number of rotatable bonds is 6. The fourth-order valence-electron chi connectivity index (χ4n) is 1.71. The molecule has 5 nitrogen and oxygen atoms in total. The van der Waals surface area contributed by atoms with Crippen LogP contribution in [0.3, 0.4) is 0 Å². The summed E-state index contributed by atoms with van der Waals surface area (Å²) in [4.78, 5) is 23.5. The Kier molecular flexibility index (Phi) is 6.56. The molecule has 0 saturated carbocycles. The lowest BCUT2D eigenvalue weighted by molar-refractivity contribution is -0.123. The van der Waals surface area contributed by atoms with Crippen LogP contribution < -0.4 is 10.6 Å². The monoisotopic (exact) mass is 278 g/mol. The number of likely N-dealkylation sites (N-methyl/N-ethyl adjacent to an activating group) is 1. The van der Waals surface area contributed by atoms with Crippen molar-refractivity contribution in [1.82, 2.24) is 10.6 Å². The normalized spacial score (nSPS) is 11.8. The highest BCUT2D eigenvalue weighted by Gasteiger charge is 2.24. The van der Waals surface area contributed by atoms with Gasteiger partial charge in [0.1, 0.15) is 12.6 Å². The van der Waals surface area contributed by atoms with Crippen LogP contribution >= 0.6 is 0 Å². The molecule has 2 amide bonds. The van der Waals surface area contributed by atoms with Crippen LogP contribution in [0.2, 0.25) is 0 Å². The van der Waals surface area contributed by atoms with Crippen molar-refractivity contribution in [3.63, 3.8) is 0 Å². The highest BCUT2D eigenvalue weighted by molar-refractivity contribution is 5.85. The Morgan fingerprint density at radius 3 is 2.40 bits per heavy atom. The third-order valence-corrected chi connectivity index (χ3v) is 2.79. The topological polar surface area (TPSA) is 67.4 Å². The number of hydrogen-bond donors (Lipinski definition) is 2. The summed E-state index contributed by atoms with van der Waals surface area (Å²) in [6, 6.07) is 8.81.